The first-order valence-corrected chi connectivity index (χ1v) is 7.81. The van der Waals surface area contributed by atoms with Crippen LogP contribution >= 0.6 is 38.9 Å². The molecule has 19 heavy (non-hydrogen) atoms. The Bertz CT molecular complexity index is 552. The van der Waals surface area contributed by atoms with E-state index in [0.29, 0.717) is 11.4 Å². The van der Waals surface area contributed by atoms with Crippen LogP contribution < -0.4 is 0 Å². The van der Waals surface area contributed by atoms with Crippen molar-refractivity contribution in [2.75, 3.05) is 13.2 Å². The number of aliphatic hydroxyl groups is 2. The number of thiophene rings is 1. The van der Waals surface area contributed by atoms with Crippen molar-refractivity contribution in [3.8, 4) is 0 Å². The molecule has 0 radical (unpaired) electrons. The molecule has 1 aromatic carbocycles. The molecular formula is C14H14BrClO2S. The summed E-state index contributed by atoms with van der Waals surface area (Å²) in [6.07, 6.45) is 0.556. The fourth-order valence-electron chi connectivity index (χ4n) is 2.10. The molecule has 0 saturated carbocycles. The van der Waals surface area contributed by atoms with Gasteiger partial charge in [0.25, 0.3) is 0 Å². The van der Waals surface area contributed by atoms with Crippen molar-refractivity contribution in [3.63, 3.8) is 0 Å². The molecule has 2 rings (SSSR count). The summed E-state index contributed by atoms with van der Waals surface area (Å²) in [6, 6.07) is 11.3. The van der Waals surface area contributed by atoms with Gasteiger partial charge < -0.3 is 10.2 Å². The Morgan fingerprint density at radius 2 is 1.79 bits per heavy atom. The third-order valence-electron chi connectivity index (χ3n) is 3.19. The van der Waals surface area contributed by atoms with Gasteiger partial charge in [0.05, 0.1) is 17.0 Å². The average Bonchev–Trinajstić information content (AvgIpc) is 2.82. The second-order valence-electron chi connectivity index (χ2n) is 4.46. The standard InChI is InChI=1S/C14H14BrClO2S/c15-13-6-5-10(19-13)7-14(8-17,9-18)11-3-1-2-4-12(11)16/h1-6,17-18H,7-9H2. The minimum atomic E-state index is -0.747. The summed E-state index contributed by atoms with van der Waals surface area (Å²) in [7, 11) is 0. The second-order valence-corrected chi connectivity index (χ2v) is 7.41. The molecule has 0 fully saturated rings. The van der Waals surface area contributed by atoms with Crippen LogP contribution in [0.1, 0.15) is 10.4 Å². The van der Waals surface area contributed by atoms with Crippen molar-refractivity contribution >= 4 is 38.9 Å². The molecule has 2 nitrogen and oxygen atoms in total. The average molecular weight is 362 g/mol. The molecule has 0 amide bonds. The van der Waals surface area contributed by atoms with Crippen LogP contribution in [0.25, 0.3) is 0 Å². The number of benzene rings is 1. The van der Waals surface area contributed by atoms with Crippen molar-refractivity contribution in [1.82, 2.24) is 0 Å². The van der Waals surface area contributed by atoms with Gasteiger partial charge in [-0.2, -0.15) is 0 Å². The lowest BCUT2D eigenvalue weighted by Gasteiger charge is -2.30. The Morgan fingerprint density at radius 1 is 1.11 bits per heavy atom. The van der Waals surface area contributed by atoms with Gasteiger partial charge >= 0.3 is 0 Å². The molecule has 102 valence electrons. The summed E-state index contributed by atoms with van der Waals surface area (Å²) >= 11 is 11.2. The SMILES string of the molecule is OCC(CO)(Cc1ccc(Br)s1)c1ccccc1Cl. The van der Waals surface area contributed by atoms with E-state index in [1.54, 1.807) is 17.4 Å². The Hall–Kier alpha value is -0.390. The minimum Gasteiger partial charge on any atom is -0.395 e. The van der Waals surface area contributed by atoms with Crippen molar-refractivity contribution in [2.45, 2.75) is 11.8 Å². The first-order valence-electron chi connectivity index (χ1n) is 5.82. The maximum atomic E-state index is 9.80. The lowest BCUT2D eigenvalue weighted by Crippen LogP contribution is -2.37. The Balaban J connectivity index is 2.40. The molecule has 1 heterocycles. The van der Waals surface area contributed by atoms with E-state index >= 15 is 0 Å². The van der Waals surface area contributed by atoms with Crippen LogP contribution in [0.15, 0.2) is 40.2 Å². The first kappa shape index (κ1) is 15.0. The van der Waals surface area contributed by atoms with Crippen molar-refractivity contribution in [3.05, 3.63) is 55.6 Å². The topological polar surface area (TPSA) is 40.5 Å². The zero-order chi connectivity index (χ0) is 13.9. The summed E-state index contributed by atoms with van der Waals surface area (Å²) in [5.74, 6) is 0. The van der Waals surface area contributed by atoms with Crippen LogP contribution in [0.5, 0.6) is 0 Å². The lowest BCUT2D eigenvalue weighted by atomic mass is 9.78. The number of aliphatic hydroxyl groups excluding tert-OH is 2. The summed E-state index contributed by atoms with van der Waals surface area (Å²) < 4.78 is 1.03. The van der Waals surface area contributed by atoms with E-state index in [1.807, 2.05) is 30.3 Å². The quantitative estimate of drug-likeness (QED) is 0.854. The van der Waals surface area contributed by atoms with Crippen LogP contribution in [0.4, 0.5) is 0 Å². The molecule has 0 aliphatic carbocycles. The number of rotatable bonds is 5. The molecule has 2 N–H and O–H groups in total. The Kier molecular flexibility index (Phi) is 5.03. The number of hydrogen-bond acceptors (Lipinski definition) is 3. The number of halogens is 2. The highest BCUT2D eigenvalue weighted by Gasteiger charge is 2.33. The maximum Gasteiger partial charge on any atom is 0.0701 e. The third kappa shape index (κ3) is 3.20. The zero-order valence-electron chi connectivity index (χ0n) is 10.1. The van der Waals surface area contributed by atoms with Gasteiger partial charge in [0.1, 0.15) is 0 Å². The van der Waals surface area contributed by atoms with Crippen molar-refractivity contribution in [2.24, 2.45) is 0 Å². The largest absolute Gasteiger partial charge is 0.395 e. The molecule has 0 bridgehead atoms. The normalized spacial score (nSPS) is 11.8. The van der Waals surface area contributed by atoms with E-state index < -0.39 is 5.41 Å². The highest BCUT2D eigenvalue weighted by Crippen LogP contribution is 2.35. The van der Waals surface area contributed by atoms with Crippen LogP contribution in [-0.4, -0.2) is 23.4 Å². The van der Waals surface area contributed by atoms with Gasteiger partial charge in [-0.3, -0.25) is 0 Å². The van der Waals surface area contributed by atoms with Crippen LogP contribution in [-0.2, 0) is 11.8 Å². The fraction of sp³-hybridized carbons (Fsp3) is 0.286. The van der Waals surface area contributed by atoms with E-state index in [2.05, 4.69) is 15.9 Å². The van der Waals surface area contributed by atoms with Gasteiger partial charge in [0.15, 0.2) is 0 Å². The van der Waals surface area contributed by atoms with Crippen LogP contribution in [0.3, 0.4) is 0 Å². The summed E-state index contributed by atoms with van der Waals surface area (Å²) in [6.45, 7) is -0.300. The van der Waals surface area contributed by atoms with Gasteiger partial charge in [-0.1, -0.05) is 29.8 Å². The second kappa shape index (κ2) is 6.37. The van der Waals surface area contributed by atoms with Gasteiger partial charge in [-0.05, 0) is 46.1 Å². The van der Waals surface area contributed by atoms with Gasteiger partial charge in [0.2, 0.25) is 0 Å². The molecule has 1 aromatic heterocycles. The smallest absolute Gasteiger partial charge is 0.0701 e. The molecule has 0 saturated heterocycles. The molecule has 2 aromatic rings. The Labute approximate surface area is 129 Å². The van der Waals surface area contributed by atoms with E-state index in [1.165, 1.54) is 0 Å². The molecular weight excluding hydrogens is 348 g/mol. The molecule has 0 unspecified atom stereocenters. The summed E-state index contributed by atoms with van der Waals surface area (Å²) in [4.78, 5) is 1.09. The highest BCUT2D eigenvalue weighted by molar-refractivity contribution is 9.11. The fourth-order valence-corrected chi connectivity index (χ4v) is 4.06. The molecule has 0 atom stereocenters. The van der Waals surface area contributed by atoms with E-state index in [-0.39, 0.29) is 13.2 Å². The van der Waals surface area contributed by atoms with E-state index in [4.69, 9.17) is 11.6 Å². The van der Waals surface area contributed by atoms with Gasteiger partial charge in [-0.15, -0.1) is 11.3 Å². The predicted octanol–water partition coefficient (Wildman–Crippen LogP) is 3.63. The Morgan fingerprint density at radius 3 is 2.32 bits per heavy atom. The van der Waals surface area contributed by atoms with Crippen molar-refractivity contribution < 1.29 is 10.2 Å². The van der Waals surface area contributed by atoms with Gasteiger partial charge in [-0.25, -0.2) is 0 Å². The first-order chi connectivity index (χ1) is 9.11. The molecule has 0 spiro atoms. The number of hydrogen-bond donors (Lipinski definition) is 2. The predicted molar refractivity (Wildman–Crippen MR) is 83.0 cm³/mol. The molecule has 0 aliphatic rings. The lowest BCUT2D eigenvalue weighted by molar-refractivity contribution is 0.117. The molecule has 5 heteroatoms. The van der Waals surface area contributed by atoms with Crippen LogP contribution in [0, 0.1) is 0 Å². The monoisotopic (exact) mass is 360 g/mol. The summed E-state index contributed by atoms with van der Waals surface area (Å²) in [5.41, 5.74) is 0.0361. The van der Waals surface area contributed by atoms with Crippen molar-refractivity contribution in [1.29, 1.82) is 0 Å². The maximum absolute atomic E-state index is 9.80. The zero-order valence-corrected chi connectivity index (χ0v) is 13.3. The highest BCUT2D eigenvalue weighted by atomic mass is 79.9. The third-order valence-corrected chi connectivity index (χ3v) is 5.15. The van der Waals surface area contributed by atoms with Gasteiger partial charge in [0, 0.05) is 15.3 Å². The summed E-state index contributed by atoms with van der Waals surface area (Å²) in [5, 5.41) is 20.2. The van der Waals surface area contributed by atoms with E-state index in [9.17, 15) is 10.2 Å². The van der Waals surface area contributed by atoms with Crippen LogP contribution in [0.2, 0.25) is 5.02 Å². The van der Waals surface area contributed by atoms with E-state index in [0.717, 1.165) is 14.2 Å². The minimum absolute atomic E-state index is 0.150. The molecule has 0 aliphatic heterocycles.